The number of hydrogen-bond acceptors (Lipinski definition) is 6. The number of aryl methyl sites for hydroxylation is 1. The third-order valence-corrected chi connectivity index (χ3v) is 7.15. The monoisotopic (exact) mass is 358 g/mol. The summed E-state index contributed by atoms with van der Waals surface area (Å²) in [5, 5.41) is 11.7. The lowest BCUT2D eigenvalue weighted by atomic mass is 10.2. The van der Waals surface area contributed by atoms with E-state index in [4.69, 9.17) is 0 Å². The zero-order valence-electron chi connectivity index (χ0n) is 13.2. The zero-order chi connectivity index (χ0) is 16.4. The van der Waals surface area contributed by atoms with Gasteiger partial charge in [-0.15, -0.1) is 10.2 Å². The van der Waals surface area contributed by atoms with Gasteiger partial charge in [-0.3, -0.25) is 4.79 Å². The molecule has 1 N–H and O–H groups in total. The molecule has 1 aromatic heterocycles. The van der Waals surface area contributed by atoms with Crippen molar-refractivity contribution in [3.05, 3.63) is 5.82 Å². The Labute approximate surface area is 140 Å². The second-order valence-corrected chi connectivity index (χ2v) is 9.77. The number of nitrogens with one attached hydrogen (secondary N) is 1. The van der Waals surface area contributed by atoms with Gasteiger partial charge in [0.1, 0.15) is 5.82 Å². The molecule has 0 unspecified atom stereocenters. The average molecular weight is 358 g/mol. The first kappa shape index (κ1) is 16.8. The van der Waals surface area contributed by atoms with Crippen LogP contribution in [0.5, 0.6) is 0 Å². The molecule has 128 valence electrons. The van der Waals surface area contributed by atoms with Crippen LogP contribution >= 0.6 is 11.8 Å². The third kappa shape index (κ3) is 4.06. The van der Waals surface area contributed by atoms with E-state index in [1.807, 2.05) is 6.92 Å². The van der Waals surface area contributed by atoms with Crippen molar-refractivity contribution in [2.45, 2.75) is 62.0 Å². The maximum atomic E-state index is 12.3. The van der Waals surface area contributed by atoms with Crippen LogP contribution in [0.2, 0.25) is 0 Å². The summed E-state index contributed by atoms with van der Waals surface area (Å²) >= 11 is 1.39. The van der Waals surface area contributed by atoms with Crippen LogP contribution in [0.3, 0.4) is 0 Å². The summed E-state index contributed by atoms with van der Waals surface area (Å²) in [7, 11) is -2.98. The van der Waals surface area contributed by atoms with Crippen LogP contribution in [0.1, 0.15) is 38.4 Å². The van der Waals surface area contributed by atoms with Gasteiger partial charge in [-0.05, 0) is 26.2 Å². The molecule has 1 aromatic rings. The van der Waals surface area contributed by atoms with E-state index in [0.717, 1.165) is 36.8 Å². The normalized spacial score (nSPS) is 24.7. The lowest BCUT2D eigenvalue weighted by Gasteiger charge is -2.15. The van der Waals surface area contributed by atoms with Crippen molar-refractivity contribution in [1.82, 2.24) is 20.1 Å². The van der Waals surface area contributed by atoms with Crippen molar-refractivity contribution in [1.29, 1.82) is 0 Å². The fraction of sp³-hybridized carbons (Fsp3) is 0.786. The molecule has 9 heteroatoms. The summed E-state index contributed by atoms with van der Waals surface area (Å²) in [6.45, 7) is 2.72. The Hall–Kier alpha value is -1.09. The molecule has 1 amide bonds. The summed E-state index contributed by atoms with van der Waals surface area (Å²) in [4.78, 5) is 12.3. The van der Waals surface area contributed by atoms with Gasteiger partial charge in [0, 0.05) is 19.0 Å². The quantitative estimate of drug-likeness (QED) is 0.800. The van der Waals surface area contributed by atoms with Crippen LogP contribution in [0.4, 0.5) is 0 Å². The van der Waals surface area contributed by atoms with E-state index in [-0.39, 0.29) is 28.7 Å². The second-order valence-electron chi connectivity index (χ2n) is 6.23. The molecule has 0 bridgehead atoms. The van der Waals surface area contributed by atoms with Gasteiger partial charge in [0.2, 0.25) is 5.91 Å². The van der Waals surface area contributed by atoms with Crippen molar-refractivity contribution >= 4 is 27.5 Å². The Kier molecular flexibility index (Phi) is 4.96. The number of carbonyl (C=O) groups is 1. The van der Waals surface area contributed by atoms with Crippen molar-refractivity contribution in [2.75, 3.05) is 11.5 Å². The maximum Gasteiger partial charge on any atom is 0.233 e. The summed E-state index contributed by atoms with van der Waals surface area (Å²) in [6.07, 6.45) is 4.88. The molecule has 2 aliphatic rings. The molecule has 1 saturated heterocycles. The van der Waals surface area contributed by atoms with Gasteiger partial charge in [0.15, 0.2) is 15.0 Å². The number of thioether (sulfide) groups is 1. The van der Waals surface area contributed by atoms with Crippen molar-refractivity contribution in [3.63, 3.8) is 0 Å². The van der Waals surface area contributed by atoms with Gasteiger partial charge in [-0.25, -0.2) is 8.42 Å². The predicted molar refractivity (Wildman–Crippen MR) is 88.1 cm³/mol. The molecule has 0 spiro atoms. The minimum atomic E-state index is -2.98. The number of nitrogens with zero attached hydrogens (tertiary/aromatic N) is 3. The van der Waals surface area contributed by atoms with Gasteiger partial charge in [0.25, 0.3) is 0 Å². The molecule has 3 heterocycles. The Morgan fingerprint density at radius 3 is 2.91 bits per heavy atom. The Bertz CT molecular complexity index is 686. The number of sulfone groups is 1. The summed E-state index contributed by atoms with van der Waals surface area (Å²) in [5.74, 6) is 1.08. The molecule has 7 nitrogen and oxygen atoms in total. The highest BCUT2D eigenvalue weighted by molar-refractivity contribution is 8.00. The highest BCUT2D eigenvalue weighted by Gasteiger charge is 2.30. The SMILES string of the molecule is C[C@@H](Sc1nnc2n1CCCCC2)C(=O)N[C@H]1CCS(=O)(=O)C1. The fourth-order valence-corrected chi connectivity index (χ4v) is 5.56. The Morgan fingerprint density at radius 2 is 2.17 bits per heavy atom. The van der Waals surface area contributed by atoms with E-state index in [1.54, 1.807) is 0 Å². The van der Waals surface area contributed by atoms with Gasteiger partial charge in [-0.1, -0.05) is 18.2 Å². The largest absolute Gasteiger partial charge is 0.351 e. The molecular weight excluding hydrogens is 336 g/mol. The van der Waals surface area contributed by atoms with Crippen LogP contribution in [0, 0.1) is 0 Å². The first-order valence-corrected chi connectivity index (χ1v) is 10.7. The second kappa shape index (κ2) is 6.80. The minimum absolute atomic E-state index is 0.0520. The van der Waals surface area contributed by atoms with E-state index in [0.29, 0.717) is 6.42 Å². The molecule has 23 heavy (non-hydrogen) atoms. The van der Waals surface area contributed by atoms with Crippen molar-refractivity contribution in [2.24, 2.45) is 0 Å². The summed E-state index contributed by atoms with van der Waals surface area (Å²) in [5.41, 5.74) is 0. The average Bonchev–Trinajstić information content (AvgIpc) is 2.93. The highest BCUT2D eigenvalue weighted by Crippen LogP contribution is 2.25. The van der Waals surface area contributed by atoms with Crippen LogP contribution in [0.25, 0.3) is 0 Å². The number of rotatable bonds is 4. The highest BCUT2D eigenvalue weighted by atomic mass is 32.2. The molecule has 0 radical (unpaired) electrons. The standard InChI is InChI=1S/C14H22N4O3S2/c1-10(13(19)15-11-6-8-23(20,21)9-11)22-14-17-16-12-5-3-2-4-7-18(12)14/h10-11H,2-9H2,1H3,(H,15,19)/t10-,11+/m1/s1. The van der Waals surface area contributed by atoms with E-state index in [2.05, 4.69) is 20.1 Å². The molecule has 3 rings (SSSR count). The first-order chi connectivity index (χ1) is 10.9. The molecule has 2 aliphatic heterocycles. The molecule has 0 saturated carbocycles. The lowest BCUT2D eigenvalue weighted by molar-refractivity contribution is -0.120. The molecule has 0 aromatic carbocycles. The number of carbonyl (C=O) groups excluding carboxylic acids is 1. The van der Waals surface area contributed by atoms with Gasteiger partial charge in [0.05, 0.1) is 16.8 Å². The number of aromatic nitrogens is 3. The van der Waals surface area contributed by atoms with Crippen LogP contribution in [-0.4, -0.2) is 51.9 Å². The van der Waals surface area contributed by atoms with Gasteiger partial charge >= 0.3 is 0 Å². The van der Waals surface area contributed by atoms with E-state index in [1.165, 1.54) is 18.2 Å². The maximum absolute atomic E-state index is 12.3. The molecular formula is C14H22N4O3S2. The van der Waals surface area contributed by atoms with Crippen molar-refractivity contribution < 1.29 is 13.2 Å². The first-order valence-electron chi connectivity index (χ1n) is 8.04. The fourth-order valence-electron chi connectivity index (χ4n) is 2.98. The number of fused-ring (bicyclic) bond motifs is 1. The van der Waals surface area contributed by atoms with Crippen LogP contribution in [-0.2, 0) is 27.6 Å². The van der Waals surface area contributed by atoms with Crippen LogP contribution in [0.15, 0.2) is 5.16 Å². The van der Waals surface area contributed by atoms with Crippen LogP contribution < -0.4 is 5.32 Å². The Balaban J connectivity index is 1.60. The zero-order valence-corrected chi connectivity index (χ0v) is 14.8. The third-order valence-electron chi connectivity index (χ3n) is 4.31. The van der Waals surface area contributed by atoms with Crippen molar-refractivity contribution in [3.8, 4) is 0 Å². The Morgan fingerprint density at radius 1 is 1.35 bits per heavy atom. The molecule has 1 fully saturated rings. The van der Waals surface area contributed by atoms with E-state index >= 15 is 0 Å². The van der Waals surface area contributed by atoms with Gasteiger partial charge in [-0.2, -0.15) is 0 Å². The lowest BCUT2D eigenvalue weighted by Crippen LogP contribution is -2.40. The molecule has 2 atom stereocenters. The van der Waals surface area contributed by atoms with E-state index < -0.39 is 9.84 Å². The number of hydrogen-bond donors (Lipinski definition) is 1. The smallest absolute Gasteiger partial charge is 0.233 e. The van der Waals surface area contributed by atoms with E-state index in [9.17, 15) is 13.2 Å². The summed E-state index contributed by atoms with van der Waals surface area (Å²) < 4.78 is 25.0. The van der Waals surface area contributed by atoms with Gasteiger partial charge < -0.3 is 9.88 Å². The minimum Gasteiger partial charge on any atom is -0.351 e. The predicted octanol–water partition coefficient (Wildman–Crippen LogP) is 0.788. The summed E-state index contributed by atoms with van der Waals surface area (Å²) in [6, 6.07) is -0.258. The topological polar surface area (TPSA) is 93.9 Å². The number of amides is 1. The molecule has 0 aliphatic carbocycles.